The number of carbonyl (C=O) groups is 1. The topological polar surface area (TPSA) is 83.0 Å². The summed E-state index contributed by atoms with van der Waals surface area (Å²) in [5.41, 5.74) is 2.06. The van der Waals surface area contributed by atoms with Crippen LogP contribution in [0.5, 0.6) is 5.75 Å². The maximum Gasteiger partial charge on any atom is 0.260 e. The van der Waals surface area contributed by atoms with Crippen LogP contribution in [-0.2, 0) is 16.6 Å². The van der Waals surface area contributed by atoms with Crippen LogP contribution in [0.3, 0.4) is 0 Å². The highest BCUT2D eigenvalue weighted by atomic mass is 35.5. The molecule has 0 N–H and O–H groups in total. The molecule has 208 valence electrons. The number of sulfonamides is 1. The summed E-state index contributed by atoms with van der Waals surface area (Å²) < 4.78 is 33.8. The third-order valence-electron chi connectivity index (χ3n) is 6.10. The van der Waals surface area contributed by atoms with Crippen LogP contribution in [0.15, 0.2) is 77.7 Å². The van der Waals surface area contributed by atoms with Gasteiger partial charge in [0.05, 0.1) is 22.2 Å². The molecule has 11 heteroatoms. The second-order valence-electron chi connectivity index (χ2n) is 9.21. The molecule has 1 amide bonds. The Morgan fingerprint density at radius 1 is 0.949 bits per heavy atom. The van der Waals surface area contributed by atoms with E-state index in [1.165, 1.54) is 27.8 Å². The van der Waals surface area contributed by atoms with Crippen molar-refractivity contribution in [3.05, 3.63) is 83.9 Å². The van der Waals surface area contributed by atoms with Crippen molar-refractivity contribution < 1.29 is 30.4 Å². The lowest BCUT2D eigenvalue weighted by atomic mass is 10.2. The molecule has 0 aliphatic rings. The van der Waals surface area contributed by atoms with E-state index < -0.39 is 10.0 Å². The lowest BCUT2D eigenvalue weighted by Gasteiger charge is -2.21. The second-order valence-corrected chi connectivity index (χ2v) is 12.3. The number of amides is 1. The number of rotatable bonds is 11. The third-order valence-corrected chi connectivity index (χ3v) is 8.98. The Hall–Kier alpha value is -3.02. The van der Waals surface area contributed by atoms with Crippen LogP contribution in [0, 0.1) is 0 Å². The Bertz CT molecular complexity index is 1490. The van der Waals surface area contributed by atoms with Crippen molar-refractivity contribution in [2.45, 2.75) is 17.9 Å². The van der Waals surface area contributed by atoms with Crippen LogP contribution in [0.1, 0.15) is 22.3 Å². The van der Waals surface area contributed by atoms with E-state index in [1.54, 1.807) is 31.2 Å². The molecule has 1 heterocycles. The smallest absolute Gasteiger partial charge is 0.260 e. The molecule has 3 aromatic carbocycles. The highest BCUT2D eigenvalue weighted by Gasteiger charge is 2.24. The molecule has 0 bridgehead atoms. The van der Waals surface area contributed by atoms with Gasteiger partial charge in [0.2, 0.25) is 10.0 Å². The van der Waals surface area contributed by atoms with E-state index in [9.17, 15) is 13.2 Å². The third kappa shape index (κ3) is 7.34. The van der Waals surface area contributed by atoms with E-state index in [2.05, 4.69) is 4.90 Å². The van der Waals surface area contributed by atoms with Gasteiger partial charge in [0, 0.05) is 31.8 Å². The van der Waals surface area contributed by atoms with Gasteiger partial charge in [0.1, 0.15) is 5.75 Å². The van der Waals surface area contributed by atoms with Gasteiger partial charge in [0.15, 0.2) is 5.13 Å². The van der Waals surface area contributed by atoms with E-state index in [0.29, 0.717) is 23.0 Å². The van der Waals surface area contributed by atoms with E-state index in [4.69, 9.17) is 9.72 Å². The predicted octanol–water partition coefficient (Wildman–Crippen LogP) is 1.73. The van der Waals surface area contributed by atoms with Crippen molar-refractivity contribution in [3.8, 4) is 5.75 Å². The van der Waals surface area contributed by atoms with Gasteiger partial charge in [0.25, 0.3) is 5.91 Å². The zero-order chi connectivity index (χ0) is 27.3. The Morgan fingerprint density at radius 3 is 2.28 bits per heavy atom. The molecule has 0 unspecified atom stereocenters. The number of hydrogen-bond donors (Lipinski definition) is 0. The maximum absolute atomic E-state index is 13.7. The van der Waals surface area contributed by atoms with Gasteiger partial charge in [-0.25, -0.2) is 13.4 Å². The molecule has 39 heavy (non-hydrogen) atoms. The molecule has 4 aromatic rings. The normalized spacial score (nSPS) is 11.5. The van der Waals surface area contributed by atoms with Crippen LogP contribution >= 0.6 is 11.3 Å². The molecule has 0 aliphatic heterocycles. The van der Waals surface area contributed by atoms with Crippen LogP contribution in [0.25, 0.3) is 10.2 Å². The average molecular weight is 588 g/mol. The van der Waals surface area contributed by atoms with Crippen molar-refractivity contribution >= 4 is 42.6 Å². The van der Waals surface area contributed by atoms with E-state index in [0.717, 1.165) is 28.7 Å². The Balaban J connectivity index is 0.00000420. The Morgan fingerprint density at radius 2 is 1.64 bits per heavy atom. The molecule has 1 aromatic heterocycles. The van der Waals surface area contributed by atoms with Crippen molar-refractivity contribution in [1.29, 1.82) is 0 Å². The van der Waals surface area contributed by atoms with Crippen molar-refractivity contribution in [2.75, 3.05) is 46.2 Å². The summed E-state index contributed by atoms with van der Waals surface area (Å²) >= 11 is 1.44. The number of thiazole rings is 1. The largest absolute Gasteiger partial charge is 1.00 e. The molecule has 8 nitrogen and oxygen atoms in total. The number of fused-ring (bicyclic) bond motifs is 1. The number of aromatic nitrogens is 1. The summed E-state index contributed by atoms with van der Waals surface area (Å²) in [6, 6.07) is 21.2. The van der Waals surface area contributed by atoms with Crippen LogP contribution in [-0.4, -0.2) is 69.9 Å². The lowest BCUT2D eigenvalue weighted by molar-refractivity contribution is -0.0000180. The van der Waals surface area contributed by atoms with Gasteiger partial charge in [-0.1, -0.05) is 41.7 Å². The molecule has 0 spiro atoms. The maximum atomic E-state index is 13.7. The summed E-state index contributed by atoms with van der Waals surface area (Å²) in [7, 11) is 3.42. The van der Waals surface area contributed by atoms with Crippen LogP contribution in [0.4, 0.5) is 5.13 Å². The number of benzene rings is 3. The minimum atomic E-state index is -3.72. The fourth-order valence-electron chi connectivity index (χ4n) is 4.00. The molecule has 0 aliphatic carbocycles. The van der Waals surface area contributed by atoms with E-state index in [-0.39, 0.29) is 29.8 Å². The number of halogens is 1. The molecule has 0 saturated carbocycles. The Kier molecular flexibility index (Phi) is 10.5. The molecule has 4 rings (SSSR count). The van der Waals surface area contributed by atoms with Crippen LogP contribution in [0.2, 0.25) is 0 Å². The van der Waals surface area contributed by atoms with Crippen molar-refractivity contribution in [3.63, 3.8) is 0 Å². The zero-order valence-corrected chi connectivity index (χ0v) is 24.8. The fourth-order valence-corrected chi connectivity index (χ4v) is 6.13. The minimum Gasteiger partial charge on any atom is -1.00 e. The summed E-state index contributed by atoms with van der Waals surface area (Å²) in [6.07, 6.45) is 0.759. The predicted molar refractivity (Wildman–Crippen MR) is 153 cm³/mol. The summed E-state index contributed by atoms with van der Waals surface area (Å²) in [4.78, 5) is 22.2. The summed E-state index contributed by atoms with van der Waals surface area (Å²) in [5.74, 6) is 0.477. The highest BCUT2D eigenvalue weighted by molar-refractivity contribution is 7.89. The van der Waals surface area contributed by atoms with Crippen molar-refractivity contribution in [1.82, 2.24) is 14.2 Å². The summed E-state index contributed by atoms with van der Waals surface area (Å²) in [5, 5.41) is 0.594. The monoisotopic (exact) mass is 587 g/mol. The quantitative estimate of drug-likeness (QED) is 0.266. The Labute approximate surface area is 240 Å². The molecular formula is C28H32ClN4O4S2-. The lowest BCUT2D eigenvalue weighted by Crippen LogP contribution is -3.00. The first-order valence-electron chi connectivity index (χ1n) is 12.2. The van der Waals surface area contributed by atoms with Crippen molar-refractivity contribution in [2.24, 2.45) is 0 Å². The number of anilines is 1. The number of nitrogens with zero attached hydrogens (tertiary/aromatic N) is 4. The molecule has 0 fully saturated rings. The van der Waals surface area contributed by atoms with Gasteiger partial charge in [-0.2, -0.15) is 4.31 Å². The van der Waals surface area contributed by atoms with Gasteiger partial charge < -0.3 is 22.0 Å². The first-order chi connectivity index (χ1) is 18.2. The highest BCUT2D eigenvalue weighted by Crippen LogP contribution is 2.32. The average Bonchev–Trinajstić information content (AvgIpc) is 3.34. The van der Waals surface area contributed by atoms with E-state index >= 15 is 0 Å². The van der Waals surface area contributed by atoms with E-state index in [1.807, 2.05) is 62.6 Å². The first-order valence-corrected chi connectivity index (χ1v) is 14.5. The minimum absolute atomic E-state index is 0. The van der Waals surface area contributed by atoms with Crippen LogP contribution < -0.4 is 22.0 Å². The number of hydrogen-bond acceptors (Lipinski definition) is 7. The molecular weight excluding hydrogens is 556 g/mol. The zero-order valence-electron chi connectivity index (χ0n) is 22.4. The second kappa shape index (κ2) is 13.4. The van der Waals surface area contributed by atoms with Gasteiger partial charge in [-0.3, -0.25) is 9.69 Å². The standard InChI is InChI=1S/C28H32N4O4S2.ClH/c1-30(2)17-8-18-32(28-29-25-19-23(36-4)13-16-26(25)37-28)27(33)22-11-14-24(15-12-22)38(34,35)31(3)20-21-9-6-5-7-10-21;/h5-7,9-16,19H,8,17-18,20H2,1-4H3;1H/p-1. The SMILES string of the molecule is COc1ccc2sc(N(CCCN(C)C)C(=O)c3ccc(S(=O)(=O)N(C)Cc4ccccc4)cc3)nc2c1.[Cl-]. The molecule has 0 radical (unpaired) electrons. The molecule has 0 saturated heterocycles. The molecule has 0 atom stereocenters. The van der Waals surface area contributed by atoms with Gasteiger partial charge in [-0.15, -0.1) is 0 Å². The fraction of sp³-hybridized carbons (Fsp3) is 0.286. The number of carbonyl (C=O) groups excluding carboxylic acids is 1. The number of ether oxygens (including phenoxy) is 1. The first kappa shape index (κ1) is 30.5. The van der Waals surface area contributed by atoms with Gasteiger partial charge >= 0.3 is 0 Å². The van der Waals surface area contributed by atoms with Gasteiger partial charge in [-0.05, 0) is 69.0 Å². The summed E-state index contributed by atoms with van der Waals surface area (Å²) in [6.45, 7) is 1.55. The number of methoxy groups -OCH3 is 1.